The third kappa shape index (κ3) is 2.66. The summed E-state index contributed by atoms with van der Waals surface area (Å²) in [5, 5.41) is 0. The summed E-state index contributed by atoms with van der Waals surface area (Å²) >= 11 is 0. The topological polar surface area (TPSA) is 68.6 Å². The summed E-state index contributed by atoms with van der Waals surface area (Å²) in [5.41, 5.74) is 0.234. The van der Waals surface area contributed by atoms with Crippen LogP contribution in [0.15, 0.2) is 17.2 Å². The molecule has 1 aliphatic rings. The summed E-state index contributed by atoms with van der Waals surface area (Å²) in [6.45, 7) is 1.09. The van der Waals surface area contributed by atoms with E-state index in [1.165, 1.54) is 28.2 Å². The van der Waals surface area contributed by atoms with E-state index in [9.17, 15) is 13.2 Å². The zero-order valence-corrected chi connectivity index (χ0v) is 11.9. The fourth-order valence-electron chi connectivity index (χ4n) is 2.24. The third-order valence-corrected chi connectivity index (χ3v) is 5.19. The van der Waals surface area contributed by atoms with Crippen LogP contribution >= 0.6 is 0 Å². The van der Waals surface area contributed by atoms with Gasteiger partial charge in [0.1, 0.15) is 10.6 Å². The predicted molar refractivity (Wildman–Crippen MR) is 69.4 cm³/mol. The number of carbonyl (C=O) groups is 1. The summed E-state index contributed by atoms with van der Waals surface area (Å²) in [4.78, 5) is 11.6. The Morgan fingerprint density at radius 1 is 1.26 bits per heavy atom. The maximum atomic E-state index is 12.4. The van der Waals surface area contributed by atoms with Gasteiger partial charge in [-0.25, -0.2) is 13.2 Å². The number of sulfonamides is 1. The Kier molecular flexibility index (Phi) is 3.96. The van der Waals surface area contributed by atoms with Crippen LogP contribution < -0.4 is 0 Å². The van der Waals surface area contributed by atoms with Crippen LogP contribution in [0.4, 0.5) is 0 Å². The van der Waals surface area contributed by atoms with Crippen molar-refractivity contribution in [3.05, 3.63) is 18.0 Å². The maximum Gasteiger partial charge on any atom is 0.354 e. The fourth-order valence-corrected chi connectivity index (χ4v) is 3.83. The van der Waals surface area contributed by atoms with E-state index in [1.54, 1.807) is 7.05 Å². The highest BCUT2D eigenvalue weighted by molar-refractivity contribution is 7.89. The van der Waals surface area contributed by atoms with E-state index in [0.717, 1.165) is 19.3 Å². The van der Waals surface area contributed by atoms with E-state index in [2.05, 4.69) is 4.74 Å². The van der Waals surface area contributed by atoms with Crippen molar-refractivity contribution in [1.82, 2.24) is 8.87 Å². The molecule has 0 aliphatic carbocycles. The van der Waals surface area contributed by atoms with Crippen molar-refractivity contribution >= 4 is 16.0 Å². The van der Waals surface area contributed by atoms with Crippen molar-refractivity contribution in [3.63, 3.8) is 0 Å². The van der Waals surface area contributed by atoms with Gasteiger partial charge < -0.3 is 9.30 Å². The van der Waals surface area contributed by atoms with Crippen molar-refractivity contribution in [2.24, 2.45) is 7.05 Å². The summed E-state index contributed by atoms with van der Waals surface area (Å²) in [6.07, 6.45) is 4.29. The van der Waals surface area contributed by atoms with Gasteiger partial charge in [-0.1, -0.05) is 6.42 Å². The Labute approximate surface area is 113 Å². The van der Waals surface area contributed by atoms with Crippen LogP contribution in [0.3, 0.4) is 0 Å². The average molecular weight is 286 g/mol. The lowest BCUT2D eigenvalue weighted by atomic mass is 10.2. The van der Waals surface area contributed by atoms with Gasteiger partial charge in [0.25, 0.3) is 0 Å². The number of aryl methyl sites for hydroxylation is 1. The van der Waals surface area contributed by atoms with Gasteiger partial charge in [-0.2, -0.15) is 4.31 Å². The van der Waals surface area contributed by atoms with Gasteiger partial charge in [0, 0.05) is 26.3 Å². The van der Waals surface area contributed by atoms with Gasteiger partial charge in [-0.15, -0.1) is 0 Å². The Bertz CT molecular complexity index is 571. The highest BCUT2D eigenvalue weighted by Gasteiger charge is 2.28. The molecule has 106 valence electrons. The van der Waals surface area contributed by atoms with Crippen molar-refractivity contribution < 1.29 is 17.9 Å². The van der Waals surface area contributed by atoms with Gasteiger partial charge in [-0.05, 0) is 18.9 Å². The molecule has 0 unspecified atom stereocenters. The second kappa shape index (κ2) is 5.34. The van der Waals surface area contributed by atoms with Crippen molar-refractivity contribution in [1.29, 1.82) is 0 Å². The highest BCUT2D eigenvalue weighted by atomic mass is 32.2. The molecule has 1 aromatic rings. The molecular weight excluding hydrogens is 268 g/mol. The lowest BCUT2D eigenvalue weighted by Gasteiger charge is -2.25. The van der Waals surface area contributed by atoms with E-state index in [4.69, 9.17) is 0 Å². The van der Waals surface area contributed by atoms with E-state index in [1.807, 2.05) is 0 Å². The highest BCUT2D eigenvalue weighted by Crippen LogP contribution is 2.22. The SMILES string of the molecule is COC(=O)c1cc(S(=O)(=O)N2CCCCC2)cn1C. The minimum Gasteiger partial charge on any atom is -0.464 e. The van der Waals surface area contributed by atoms with Crippen molar-refractivity contribution in [3.8, 4) is 0 Å². The van der Waals surface area contributed by atoms with Gasteiger partial charge in [0.05, 0.1) is 7.11 Å². The fraction of sp³-hybridized carbons (Fsp3) is 0.583. The number of ether oxygens (including phenoxy) is 1. The summed E-state index contributed by atoms with van der Waals surface area (Å²) in [7, 11) is -0.602. The summed E-state index contributed by atoms with van der Waals surface area (Å²) in [5.74, 6) is -0.539. The van der Waals surface area contributed by atoms with Crippen LogP contribution in [0, 0.1) is 0 Å². The molecule has 0 spiro atoms. The number of piperidine rings is 1. The first-order chi connectivity index (χ1) is 8.96. The van der Waals surface area contributed by atoms with E-state index in [0.29, 0.717) is 13.1 Å². The molecule has 1 saturated heterocycles. The molecule has 1 aliphatic heterocycles. The molecule has 2 heterocycles. The molecule has 0 radical (unpaired) electrons. The van der Waals surface area contributed by atoms with Crippen LogP contribution in [0.2, 0.25) is 0 Å². The number of carbonyl (C=O) groups excluding carboxylic acids is 1. The smallest absolute Gasteiger partial charge is 0.354 e. The quantitative estimate of drug-likeness (QED) is 0.777. The number of nitrogens with zero attached hydrogens (tertiary/aromatic N) is 2. The monoisotopic (exact) mass is 286 g/mol. The minimum absolute atomic E-state index is 0.150. The summed E-state index contributed by atoms with van der Waals surface area (Å²) < 4.78 is 32.4. The lowest BCUT2D eigenvalue weighted by Crippen LogP contribution is -2.35. The zero-order valence-electron chi connectivity index (χ0n) is 11.1. The molecule has 0 N–H and O–H groups in total. The molecule has 6 nitrogen and oxygen atoms in total. The normalized spacial score (nSPS) is 17.4. The van der Waals surface area contributed by atoms with E-state index in [-0.39, 0.29) is 10.6 Å². The molecule has 0 aromatic carbocycles. The minimum atomic E-state index is -3.50. The first-order valence-corrected chi connectivity index (χ1v) is 7.65. The Morgan fingerprint density at radius 3 is 2.47 bits per heavy atom. The number of hydrogen-bond acceptors (Lipinski definition) is 4. The molecule has 7 heteroatoms. The van der Waals surface area contributed by atoms with Crippen LogP contribution in [-0.4, -0.2) is 43.5 Å². The molecule has 0 atom stereocenters. The zero-order chi connectivity index (χ0) is 14.0. The van der Waals surface area contributed by atoms with Crippen LogP contribution in [0.1, 0.15) is 29.8 Å². The van der Waals surface area contributed by atoms with E-state index >= 15 is 0 Å². The van der Waals surface area contributed by atoms with Crippen LogP contribution in [-0.2, 0) is 21.8 Å². The standard InChI is InChI=1S/C12H18N2O4S/c1-13-9-10(8-11(13)12(15)18-2)19(16,17)14-6-4-3-5-7-14/h8-9H,3-7H2,1-2H3. The van der Waals surface area contributed by atoms with Crippen LogP contribution in [0.5, 0.6) is 0 Å². The first-order valence-electron chi connectivity index (χ1n) is 6.21. The second-order valence-electron chi connectivity index (χ2n) is 4.63. The number of rotatable bonds is 3. The molecule has 0 amide bonds. The second-order valence-corrected chi connectivity index (χ2v) is 6.57. The molecule has 2 rings (SSSR count). The molecule has 0 bridgehead atoms. The first kappa shape index (κ1) is 14.1. The number of methoxy groups -OCH3 is 1. The number of hydrogen-bond donors (Lipinski definition) is 0. The number of aromatic nitrogens is 1. The largest absolute Gasteiger partial charge is 0.464 e. The third-order valence-electron chi connectivity index (χ3n) is 3.33. The van der Waals surface area contributed by atoms with Gasteiger partial charge in [0.2, 0.25) is 10.0 Å². The Morgan fingerprint density at radius 2 is 1.89 bits per heavy atom. The van der Waals surface area contributed by atoms with Crippen molar-refractivity contribution in [2.45, 2.75) is 24.2 Å². The lowest BCUT2D eigenvalue weighted by molar-refractivity contribution is 0.0590. The maximum absolute atomic E-state index is 12.4. The van der Waals surface area contributed by atoms with Gasteiger partial charge in [-0.3, -0.25) is 0 Å². The summed E-state index contributed by atoms with van der Waals surface area (Å²) in [6, 6.07) is 1.37. The van der Waals surface area contributed by atoms with E-state index < -0.39 is 16.0 Å². The van der Waals surface area contributed by atoms with Crippen LogP contribution in [0.25, 0.3) is 0 Å². The molecule has 19 heavy (non-hydrogen) atoms. The molecule has 1 fully saturated rings. The molecule has 0 saturated carbocycles. The van der Waals surface area contributed by atoms with Crippen molar-refractivity contribution in [2.75, 3.05) is 20.2 Å². The van der Waals surface area contributed by atoms with Gasteiger partial charge in [0.15, 0.2) is 0 Å². The molecule has 1 aromatic heterocycles. The van der Waals surface area contributed by atoms with Gasteiger partial charge >= 0.3 is 5.97 Å². The number of esters is 1. The molecular formula is C12H18N2O4S. The average Bonchev–Trinajstić information content (AvgIpc) is 2.81. The predicted octanol–water partition coefficient (Wildman–Crippen LogP) is 0.986. The Hall–Kier alpha value is -1.34. The Balaban J connectivity index is 2.33.